The van der Waals surface area contributed by atoms with Crippen LogP contribution in [0.2, 0.25) is 0 Å². The fraction of sp³-hybridized carbons (Fsp3) is 0.321. The van der Waals surface area contributed by atoms with Crippen LogP contribution in [-0.4, -0.2) is 49.0 Å². The Morgan fingerprint density at radius 2 is 1.57 bits per heavy atom. The molecule has 3 aromatic rings. The summed E-state index contributed by atoms with van der Waals surface area (Å²) < 4.78 is 37.8. The monoisotopic (exact) mass is 514 g/mol. The van der Waals surface area contributed by atoms with Gasteiger partial charge in [0, 0.05) is 24.7 Å². The molecule has 0 spiro atoms. The topological polar surface area (TPSA) is 100 Å². The molecule has 1 amide bonds. The minimum atomic E-state index is -1.09. The summed E-state index contributed by atoms with van der Waals surface area (Å²) in [4.78, 5) is 13.1. The molecule has 2 atom stereocenters. The maximum absolute atomic E-state index is 13.8. The second-order valence-electron chi connectivity index (χ2n) is 8.66. The second kappa shape index (κ2) is 13.0. The maximum Gasteiger partial charge on any atom is 0.251 e. The molecule has 0 aliphatic rings. The van der Waals surface area contributed by atoms with E-state index >= 15 is 0 Å². The van der Waals surface area contributed by atoms with Crippen LogP contribution in [0.15, 0.2) is 54.6 Å². The minimum absolute atomic E-state index is 0.0268. The lowest BCUT2D eigenvalue weighted by atomic mass is 10.00. The summed E-state index contributed by atoms with van der Waals surface area (Å²) >= 11 is 0. The van der Waals surface area contributed by atoms with Gasteiger partial charge in [0.05, 0.1) is 26.4 Å². The Morgan fingerprint density at radius 3 is 2.16 bits per heavy atom. The number of rotatable bonds is 12. The van der Waals surface area contributed by atoms with Crippen molar-refractivity contribution in [1.29, 1.82) is 0 Å². The molecular weight excluding hydrogens is 482 g/mol. The molecule has 0 bridgehead atoms. The third kappa shape index (κ3) is 7.65. The van der Waals surface area contributed by atoms with Crippen LogP contribution in [0.25, 0.3) is 0 Å². The smallest absolute Gasteiger partial charge is 0.251 e. The number of hydrogen-bond acceptors (Lipinski definition) is 6. The Labute approximate surface area is 215 Å². The van der Waals surface area contributed by atoms with E-state index in [4.69, 9.17) is 9.47 Å². The molecule has 0 aliphatic heterocycles. The predicted molar refractivity (Wildman–Crippen MR) is 136 cm³/mol. The standard InChI is InChI=1S/C28H32F2N2O5/c1-4-17-6-5-7-18(8-17)15-31-16-24(33)23(11-19-9-21(29)14-22(30)10-19)32-28(35)20-12-25(36-2)27(34)26(13-20)37-3/h5-10,12-14,23-24,31,33-34H,4,11,15-16H2,1-3H3,(H,32,35). The normalized spacial score (nSPS) is 12.6. The van der Waals surface area contributed by atoms with Gasteiger partial charge in [-0.05, 0) is 53.8 Å². The first-order valence-electron chi connectivity index (χ1n) is 11.9. The number of aryl methyl sites for hydroxylation is 1. The highest BCUT2D eigenvalue weighted by molar-refractivity contribution is 5.95. The van der Waals surface area contributed by atoms with Crippen molar-refractivity contribution in [3.63, 3.8) is 0 Å². The number of benzene rings is 3. The number of ether oxygens (including phenoxy) is 2. The van der Waals surface area contributed by atoms with Crippen LogP contribution in [0, 0.1) is 11.6 Å². The van der Waals surface area contributed by atoms with Crippen LogP contribution >= 0.6 is 0 Å². The number of methoxy groups -OCH3 is 2. The fourth-order valence-electron chi connectivity index (χ4n) is 4.01. The number of aliphatic hydroxyl groups excluding tert-OH is 1. The van der Waals surface area contributed by atoms with E-state index in [0.29, 0.717) is 6.54 Å². The number of nitrogens with one attached hydrogen (secondary N) is 2. The van der Waals surface area contributed by atoms with Gasteiger partial charge in [-0.1, -0.05) is 31.2 Å². The van der Waals surface area contributed by atoms with Crippen LogP contribution in [0.1, 0.15) is 34.0 Å². The molecule has 0 heterocycles. The van der Waals surface area contributed by atoms with E-state index in [9.17, 15) is 23.8 Å². The highest BCUT2D eigenvalue weighted by Gasteiger charge is 2.24. The number of aromatic hydroxyl groups is 1. The number of carbonyl (C=O) groups is 1. The largest absolute Gasteiger partial charge is 0.502 e. The van der Waals surface area contributed by atoms with Crippen molar-refractivity contribution in [2.45, 2.75) is 38.5 Å². The number of aliphatic hydroxyl groups is 1. The molecule has 3 aromatic carbocycles. The maximum atomic E-state index is 13.8. The van der Waals surface area contributed by atoms with Crippen molar-refractivity contribution in [3.05, 3.63) is 88.5 Å². The van der Waals surface area contributed by atoms with Gasteiger partial charge in [0.15, 0.2) is 11.5 Å². The summed E-state index contributed by atoms with van der Waals surface area (Å²) in [7, 11) is 2.67. The first-order chi connectivity index (χ1) is 17.7. The van der Waals surface area contributed by atoms with Crippen molar-refractivity contribution in [2.24, 2.45) is 0 Å². The number of phenolic OH excluding ortho intramolecular Hbond substituents is 1. The van der Waals surface area contributed by atoms with Gasteiger partial charge in [-0.15, -0.1) is 0 Å². The Hall–Kier alpha value is -3.69. The van der Waals surface area contributed by atoms with E-state index in [2.05, 4.69) is 23.6 Å². The third-order valence-electron chi connectivity index (χ3n) is 5.98. The lowest BCUT2D eigenvalue weighted by Gasteiger charge is -2.25. The number of amides is 1. The highest BCUT2D eigenvalue weighted by Crippen LogP contribution is 2.37. The van der Waals surface area contributed by atoms with Crippen molar-refractivity contribution in [1.82, 2.24) is 10.6 Å². The summed E-state index contributed by atoms with van der Waals surface area (Å²) in [6.45, 7) is 2.67. The molecular formula is C28H32F2N2O5. The van der Waals surface area contributed by atoms with Crippen LogP contribution in [0.3, 0.4) is 0 Å². The number of hydrogen-bond donors (Lipinski definition) is 4. The Kier molecular flexibility index (Phi) is 9.82. The van der Waals surface area contributed by atoms with Crippen molar-refractivity contribution < 1.29 is 33.3 Å². The summed E-state index contributed by atoms with van der Waals surface area (Å²) in [5.41, 5.74) is 2.62. The summed E-state index contributed by atoms with van der Waals surface area (Å²) in [6, 6.07) is 12.9. The Balaban J connectivity index is 1.78. The molecule has 2 unspecified atom stereocenters. The third-order valence-corrected chi connectivity index (χ3v) is 5.98. The zero-order valence-electron chi connectivity index (χ0n) is 21.1. The lowest BCUT2D eigenvalue weighted by molar-refractivity contribution is 0.0829. The van der Waals surface area contributed by atoms with Crippen molar-refractivity contribution >= 4 is 5.91 Å². The van der Waals surface area contributed by atoms with E-state index in [1.165, 1.54) is 31.9 Å². The van der Waals surface area contributed by atoms with Gasteiger partial charge in [-0.2, -0.15) is 0 Å². The first kappa shape index (κ1) is 27.9. The predicted octanol–water partition coefficient (Wildman–Crippen LogP) is 3.74. The molecule has 0 radical (unpaired) electrons. The molecule has 37 heavy (non-hydrogen) atoms. The lowest BCUT2D eigenvalue weighted by Crippen LogP contribution is -2.48. The van der Waals surface area contributed by atoms with Crippen LogP contribution in [0.4, 0.5) is 8.78 Å². The number of carbonyl (C=O) groups excluding carboxylic acids is 1. The average Bonchev–Trinajstić information content (AvgIpc) is 2.87. The molecule has 7 nitrogen and oxygen atoms in total. The van der Waals surface area contributed by atoms with Gasteiger partial charge in [0.2, 0.25) is 5.75 Å². The molecule has 0 saturated carbocycles. The van der Waals surface area contributed by atoms with Gasteiger partial charge in [0.25, 0.3) is 5.91 Å². The fourth-order valence-corrected chi connectivity index (χ4v) is 4.01. The van der Waals surface area contributed by atoms with E-state index in [1.807, 2.05) is 18.2 Å². The van der Waals surface area contributed by atoms with Crippen LogP contribution in [-0.2, 0) is 19.4 Å². The molecule has 0 aromatic heterocycles. The minimum Gasteiger partial charge on any atom is -0.502 e. The quantitative estimate of drug-likeness (QED) is 0.294. The number of phenols is 1. The molecule has 0 aliphatic carbocycles. The Morgan fingerprint density at radius 1 is 0.946 bits per heavy atom. The summed E-state index contributed by atoms with van der Waals surface area (Å²) in [5, 5.41) is 27.0. The van der Waals surface area contributed by atoms with E-state index in [1.54, 1.807) is 0 Å². The average molecular weight is 515 g/mol. The van der Waals surface area contributed by atoms with Gasteiger partial charge in [0.1, 0.15) is 11.6 Å². The molecule has 198 valence electrons. The second-order valence-corrected chi connectivity index (χ2v) is 8.66. The van der Waals surface area contributed by atoms with Gasteiger partial charge in [-0.3, -0.25) is 4.79 Å². The molecule has 4 N–H and O–H groups in total. The van der Waals surface area contributed by atoms with Crippen molar-refractivity contribution in [3.8, 4) is 17.2 Å². The van der Waals surface area contributed by atoms with E-state index in [-0.39, 0.29) is 41.3 Å². The summed E-state index contributed by atoms with van der Waals surface area (Å²) in [6.07, 6.45) is -0.215. The van der Waals surface area contributed by atoms with Gasteiger partial charge in [-0.25, -0.2) is 8.78 Å². The summed E-state index contributed by atoms with van der Waals surface area (Å²) in [5.74, 6) is -2.29. The molecule has 0 fully saturated rings. The van der Waals surface area contributed by atoms with Crippen LogP contribution < -0.4 is 20.1 Å². The SMILES string of the molecule is CCc1cccc(CNCC(O)C(Cc2cc(F)cc(F)c2)NC(=O)c2cc(OC)c(O)c(OC)c2)c1. The zero-order chi connectivity index (χ0) is 26.9. The van der Waals surface area contributed by atoms with E-state index < -0.39 is 29.7 Å². The van der Waals surface area contributed by atoms with Gasteiger partial charge >= 0.3 is 0 Å². The van der Waals surface area contributed by atoms with Crippen LogP contribution in [0.5, 0.6) is 17.2 Å². The molecule has 0 saturated heterocycles. The molecule has 9 heteroatoms. The highest BCUT2D eigenvalue weighted by atomic mass is 19.1. The number of halogens is 2. The Bertz CT molecular complexity index is 1180. The zero-order valence-corrected chi connectivity index (χ0v) is 21.1. The van der Waals surface area contributed by atoms with E-state index in [0.717, 1.165) is 30.2 Å². The first-order valence-corrected chi connectivity index (χ1v) is 11.9. The van der Waals surface area contributed by atoms with Gasteiger partial charge < -0.3 is 30.3 Å². The van der Waals surface area contributed by atoms with Crippen molar-refractivity contribution in [2.75, 3.05) is 20.8 Å². The molecule has 3 rings (SSSR count).